The smallest absolute Gasteiger partial charge is 0.244 e. The van der Waals surface area contributed by atoms with Crippen LogP contribution in [0.1, 0.15) is 21.6 Å². The Kier molecular flexibility index (Phi) is 5.35. The second-order valence-electron chi connectivity index (χ2n) is 4.51. The van der Waals surface area contributed by atoms with Crippen LogP contribution in [0.2, 0.25) is 0 Å². The first-order valence-electron chi connectivity index (χ1n) is 6.47. The highest BCUT2D eigenvalue weighted by molar-refractivity contribution is 7.12. The van der Waals surface area contributed by atoms with Gasteiger partial charge in [-0.3, -0.25) is 4.79 Å². The Balaban J connectivity index is 1.92. The number of carbonyl (C=O) groups excluding carboxylic acids is 1. The molecule has 2 N–H and O–H groups in total. The minimum Gasteiger partial charge on any atom is -0.386 e. The van der Waals surface area contributed by atoms with Crippen molar-refractivity contribution >= 4 is 23.3 Å². The molecule has 0 aliphatic heterocycles. The molecule has 7 heteroatoms. The van der Waals surface area contributed by atoms with Gasteiger partial charge in [-0.1, -0.05) is 6.07 Å². The summed E-state index contributed by atoms with van der Waals surface area (Å²) in [6.07, 6.45) is 3.03. The first-order chi connectivity index (χ1) is 10.5. The van der Waals surface area contributed by atoms with Crippen LogP contribution in [-0.2, 0) is 4.79 Å². The number of benzene rings is 1. The number of hydrogen-bond donors (Lipinski definition) is 2. The van der Waals surface area contributed by atoms with E-state index in [1.54, 1.807) is 12.3 Å². The fourth-order valence-electron chi connectivity index (χ4n) is 1.80. The van der Waals surface area contributed by atoms with E-state index in [2.05, 4.69) is 10.3 Å². The zero-order chi connectivity index (χ0) is 16.1. The molecule has 0 bridgehead atoms. The summed E-state index contributed by atoms with van der Waals surface area (Å²) in [4.78, 5) is 16.5. The van der Waals surface area contributed by atoms with Crippen LogP contribution in [0.4, 0.5) is 8.78 Å². The van der Waals surface area contributed by atoms with E-state index in [1.807, 2.05) is 6.92 Å². The Morgan fingerprint density at radius 1 is 1.45 bits per heavy atom. The highest BCUT2D eigenvalue weighted by Gasteiger charge is 2.17. The van der Waals surface area contributed by atoms with Crippen LogP contribution in [-0.4, -0.2) is 22.5 Å². The van der Waals surface area contributed by atoms with Gasteiger partial charge in [-0.25, -0.2) is 13.8 Å². The lowest BCUT2D eigenvalue weighted by Gasteiger charge is -2.13. The van der Waals surface area contributed by atoms with E-state index in [0.29, 0.717) is 0 Å². The van der Waals surface area contributed by atoms with Gasteiger partial charge < -0.3 is 10.4 Å². The van der Waals surface area contributed by atoms with E-state index in [1.165, 1.54) is 23.5 Å². The summed E-state index contributed by atoms with van der Waals surface area (Å²) in [6, 6.07) is 3.31. The molecule has 4 nitrogen and oxygen atoms in total. The van der Waals surface area contributed by atoms with E-state index in [4.69, 9.17) is 0 Å². The third-order valence-corrected chi connectivity index (χ3v) is 3.72. The molecular formula is C15H14F2N2O2S. The molecule has 22 heavy (non-hydrogen) atoms. The van der Waals surface area contributed by atoms with Crippen molar-refractivity contribution in [1.29, 1.82) is 0 Å². The lowest BCUT2D eigenvalue weighted by molar-refractivity contribution is -0.116. The number of aryl methyl sites for hydroxylation is 1. The van der Waals surface area contributed by atoms with Crippen molar-refractivity contribution in [2.24, 2.45) is 0 Å². The maximum atomic E-state index is 13.5. The Morgan fingerprint density at radius 3 is 2.73 bits per heavy atom. The van der Waals surface area contributed by atoms with E-state index >= 15 is 0 Å². The fourth-order valence-corrected chi connectivity index (χ4v) is 2.49. The molecule has 0 saturated carbocycles. The molecule has 0 spiro atoms. The van der Waals surface area contributed by atoms with Gasteiger partial charge >= 0.3 is 0 Å². The summed E-state index contributed by atoms with van der Waals surface area (Å²) in [5.74, 6) is -2.17. The van der Waals surface area contributed by atoms with Gasteiger partial charge in [-0.2, -0.15) is 0 Å². The van der Waals surface area contributed by atoms with Gasteiger partial charge in [0.15, 0.2) is 0 Å². The van der Waals surface area contributed by atoms with Crippen molar-refractivity contribution in [1.82, 2.24) is 10.3 Å². The number of aliphatic hydroxyl groups excluding tert-OH is 1. The first-order valence-corrected chi connectivity index (χ1v) is 7.29. The number of thiazole rings is 1. The van der Waals surface area contributed by atoms with Gasteiger partial charge in [0.25, 0.3) is 0 Å². The molecule has 1 unspecified atom stereocenters. The number of nitrogens with zero attached hydrogens (tertiary/aromatic N) is 1. The molecule has 1 aromatic heterocycles. The van der Waals surface area contributed by atoms with Gasteiger partial charge in [-0.15, -0.1) is 11.3 Å². The molecule has 2 aromatic rings. The molecule has 0 aliphatic rings. The van der Waals surface area contributed by atoms with Crippen LogP contribution < -0.4 is 5.32 Å². The summed E-state index contributed by atoms with van der Waals surface area (Å²) in [5.41, 5.74) is -0.454. The van der Waals surface area contributed by atoms with Crippen LogP contribution in [0.3, 0.4) is 0 Å². The standard InChI is InChI=1S/C15H14F2N2O2S/c1-9-18-7-10(22-9)5-6-14(21)19-8-13(20)15-11(16)3-2-4-12(15)17/h2-7,13,20H,8H2,1H3,(H,19,21)/b6-5+. The van der Waals surface area contributed by atoms with Crippen molar-refractivity contribution in [3.63, 3.8) is 0 Å². The third kappa shape index (κ3) is 4.19. The minimum absolute atomic E-state index is 0.289. The van der Waals surface area contributed by atoms with Gasteiger partial charge in [0, 0.05) is 23.7 Å². The Labute approximate surface area is 130 Å². The zero-order valence-corrected chi connectivity index (χ0v) is 12.5. The molecule has 1 amide bonds. The molecule has 0 radical (unpaired) electrons. The van der Waals surface area contributed by atoms with Crippen LogP contribution in [0.5, 0.6) is 0 Å². The number of amides is 1. The number of halogens is 2. The van der Waals surface area contributed by atoms with Crippen molar-refractivity contribution in [2.75, 3.05) is 6.54 Å². The first kappa shape index (κ1) is 16.3. The highest BCUT2D eigenvalue weighted by Crippen LogP contribution is 2.20. The highest BCUT2D eigenvalue weighted by atomic mass is 32.1. The van der Waals surface area contributed by atoms with E-state index in [-0.39, 0.29) is 6.54 Å². The van der Waals surface area contributed by atoms with Crippen molar-refractivity contribution in [3.05, 3.63) is 57.6 Å². The lowest BCUT2D eigenvalue weighted by atomic mass is 10.1. The Morgan fingerprint density at radius 2 is 2.14 bits per heavy atom. The molecule has 2 rings (SSSR count). The van der Waals surface area contributed by atoms with Gasteiger partial charge in [0.2, 0.25) is 5.91 Å². The van der Waals surface area contributed by atoms with Crippen molar-refractivity contribution in [2.45, 2.75) is 13.0 Å². The SMILES string of the molecule is Cc1ncc(/C=C/C(=O)NCC(O)c2c(F)cccc2F)s1. The third-order valence-electron chi connectivity index (χ3n) is 2.84. The molecule has 1 heterocycles. The molecule has 1 aromatic carbocycles. The van der Waals surface area contributed by atoms with Gasteiger partial charge in [0.1, 0.15) is 17.7 Å². The Bertz CT molecular complexity index is 680. The summed E-state index contributed by atoms with van der Waals surface area (Å²) >= 11 is 1.43. The minimum atomic E-state index is -1.45. The van der Waals surface area contributed by atoms with Gasteiger partial charge in [0.05, 0.1) is 10.6 Å². The number of nitrogens with one attached hydrogen (secondary N) is 1. The molecule has 0 aliphatic carbocycles. The van der Waals surface area contributed by atoms with Crippen molar-refractivity contribution < 1.29 is 18.7 Å². The van der Waals surface area contributed by atoms with E-state index in [9.17, 15) is 18.7 Å². The largest absolute Gasteiger partial charge is 0.386 e. The number of rotatable bonds is 5. The second-order valence-corrected chi connectivity index (χ2v) is 5.78. The fraction of sp³-hybridized carbons (Fsp3) is 0.200. The predicted molar refractivity (Wildman–Crippen MR) is 80.2 cm³/mol. The predicted octanol–water partition coefficient (Wildman–Crippen LogP) is 2.59. The van der Waals surface area contributed by atoms with Crippen LogP contribution in [0, 0.1) is 18.6 Å². The average molecular weight is 324 g/mol. The lowest BCUT2D eigenvalue weighted by Crippen LogP contribution is -2.27. The van der Waals surface area contributed by atoms with Crippen molar-refractivity contribution in [3.8, 4) is 0 Å². The van der Waals surface area contributed by atoms with Crippen LogP contribution in [0.15, 0.2) is 30.5 Å². The number of aliphatic hydroxyl groups is 1. The topological polar surface area (TPSA) is 62.2 Å². The maximum absolute atomic E-state index is 13.5. The quantitative estimate of drug-likeness (QED) is 0.831. The summed E-state index contributed by atoms with van der Waals surface area (Å²) in [7, 11) is 0. The molecular weight excluding hydrogens is 310 g/mol. The summed E-state index contributed by atoms with van der Waals surface area (Å²) in [5, 5.41) is 13.1. The zero-order valence-electron chi connectivity index (χ0n) is 11.7. The van der Waals surface area contributed by atoms with E-state index in [0.717, 1.165) is 22.0 Å². The van der Waals surface area contributed by atoms with E-state index < -0.39 is 29.2 Å². The molecule has 1 atom stereocenters. The number of carbonyl (C=O) groups is 1. The normalized spacial score (nSPS) is 12.5. The summed E-state index contributed by atoms with van der Waals surface area (Å²) in [6.45, 7) is 1.56. The number of aromatic nitrogens is 1. The number of hydrogen-bond acceptors (Lipinski definition) is 4. The molecule has 0 fully saturated rings. The Hall–Kier alpha value is -2.12. The van der Waals surface area contributed by atoms with Crippen LogP contribution >= 0.6 is 11.3 Å². The maximum Gasteiger partial charge on any atom is 0.244 e. The molecule has 116 valence electrons. The second kappa shape index (κ2) is 7.24. The monoisotopic (exact) mass is 324 g/mol. The van der Waals surface area contributed by atoms with Gasteiger partial charge in [-0.05, 0) is 25.1 Å². The average Bonchev–Trinajstić information content (AvgIpc) is 2.88. The molecule has 0 saturated heterocycles. The van der Waals surface area contributed by atoms with Crippen LogP contribution in [0.25, 0.3) is 6.08 Å². The summed E-state index contributed by atoms with van der Waals surface area (Å²) < 4.78 is 26.9.